The molecule has 0 saturated heterocycles. The zero-order valence-electron chi connectivity index (χ0n) is 12.0. The number of oxime groups is 1. The second-order valence-corrected chi connectivity index (χ2v) is 5.61. The molecule has 7 heteroatoms. The van der Waals surface area contributed by atoms with Gasteiger partial charge in [0.25, 0.3) is 0 Å². The highest BCUT2D eigenvalue weighted by Gasteiger charge is 2.24. The highest BCUT2D eigenvalue weighted by Crippen LogP contribution is 2.19. The Morgan fingerprint density at radius 2 is 2.14 bits per heavy atom. The molecule has 2 aromatic rings. The van der Waals surface area contributed by atoms with Gasteiger partial charge in [0, 0.05) is 17.0 Å². The number of amides is 1. The number of carbonyl (C=O) groups excluding carboxylic acids is 1. The van der Waals surface area contributed by atoms with Crippen molar-refractivity contribution in [2.45, 2.75) is 6.42 Å². The predicted octanol–water partition coefficient (Wildman–Crippen LogP) is 2.30. The molecule has 1 atom stereocenters. The average Bonchev–Trinajstić information content (AvgIpc) is 3.05. The van der Waals surface area contributed by atoms with Gasteiger partial charge in [-0.15, -0.1) is 11.3 Å². The van der Waals surface area contributed by atoms with Crippen molar-refractivity contribution in [3.8, 4) is 5.75 Å². The van der Waals surface area contributed by atoms with Crippen LogP contribution in [0.1, 0.15) is 4.88 Å². The quantitative estimate of drug-likeness (QED) is 0.329. The van der Waals surface area contributed by atoms with Gasteiger partial charge in [-0.1, -0.05) is 11.2 Å². The van der Waals surface area contributed by atoms with Gasteiger partial charge in [-0.3, -0.25) is 4.79 Å². The van der Waals surface area contributed by atoms with Gasteiger partial charge >= 0.3 is 0 Å². The third-order valence-corrected chi connectivity index (χ3v) is 4.03. The maximum absolute atomic E-state index is 12.4. The number of amidine groups is 1. The lowest BCUT2D eigenvalue weighted by molar-refractivity contribution is -0.118. The number of benzene rings is 1. The van der Waals surface area contributed by atoms with Crippen molar-refractivity contribution in [3.05, 3.63) is 46.7 Å². The number of thiophene rings is 1. The minimum Gasteiger partial charge on any atom is -0.497 e. The van der Waals surface area contributed by atoms with Crippen LogP contribution >= 0.6 is 11.3 Å². The summed E-state index contributed by atoms with van der Waals surface area (Å²) >= 11 is 1.52. The first kappa shape index (κ1) is 15.8. The minimum absolute atomic E-state index is 0.112. The van der Waals surface area contributed by atoms with Crippen LogP contribution in [0.25, 0.3) is 0 Å². The van der Waals surface area contributed by atoms with Crippen LogP contribution in [0, 0.1) is 5.92 Å². The monoisotopic (exact) mass is 319 g/mol. The highest BCUT2D eigenvalue weighted by atomic mass is 32.1. The van der Waals surface area contributed by atoms with Crippen molar-refractivity contribution in [2.75, 3.05) is 12.4 Å². The van der Waals surface area contributed by atoms with Crippen molar-refractivity contribution in [1.29, 1.82) is 0 Å². The smallest absolute Gasteiger partial charge is 0.235 e. The van der Waals surface area contributed by atoms with Crippen LogP contribution in [0.15, 0.2) is 46.9 Å². The van der Waals surface area contributed by atoms with E-state index in [0.29, 0.717) is 17.9 Å². The molecule has 1 unspecified atom stereocenters. The van der Waals surface area contributed by atoms with Crippen LogP contribution in [-0.4, -0.2) is 24.1 Å². The van der Waals surface area contributed by atoms with Crippen molar-refractivity contribution >= 4 is 28.8 Å². The number of hydrogen-bond acceptors (Lipinski definition) is 5. The molecule has 0 fully saturated rings. The Kier molecular flexibility index (Phi) is 5.37. The molecule has 0 aliphatic heterocycles. The van der Waals surface area contributed by atoms with E-state index in [9.17, 15) is 4.79 Å². The van der Waals surface area contributed by atoms with Crippen LogP contribution in [0.4, 0.5) is 5.69 Å². The zero-order chi connectivity index (χ0) is 15.9. The van der Waals surface area contributed by atoms with Crippen molar-refractivity contribution < 1.29 is 14.7 Å². The number of hydrogen-bond donors (Lipinski definition) is 3. The molecule has 0 aliphatic rings. The Labute approximate surface area is 132 Å². The van der Waals surface area contributed by atoms with Crippen molar-refractivity contribution in [2.24, 2.45) is 16.8 Å². The van der Waals surface area contributed by atoms with E-state index < -0.39 is 5.92 Å². The fourth-order valence-electron chi connectivity index (χ4n) is 1.93. The lowest BCUT2D eigenvalue weighted by atomic mass is 10.0. The molecule has 0 aliphatic carbocycles. The number of anilines is 1. The minimum atomic E-state index is -0.731. The fourth-order valence-corrected chi connectivity index (χ4v) is 2.69. The topological polar surface area (TPSA) is 96.9 Å². The number of nitrogens with one attached hydrogen (secondary N) is 1. The van der Waals surface area contributed by atoms with E-state index in [0.717, 1.165) is 4.88 Å². The van der Waals surface area contributed by atoms with Gasteiger partial charge in [-0.25, -0.2) is 0 Å². The SMILES string of the molecule is COc1ccc(NC(=O)C(Cc2cccs2)/C(N)=N/O)cc1. The number of methoxy groups -OCH3 is 1. The molecule has 116 valence electrons. The summed E-state index contributed by atoms with van der Waals surface area (Å²) in [6, 6.07) is 10.7. The van der Waals surface area contributed by atoms with Gasteiger partial charge in [-0.05, 0) is 35.7 Å². The standard InChI is InChI=1S/C15H17N3O3S/c1-21-11-6-4-10(5-7-11)17-15(19)13(14(16)18-20)9-12-3-2-8-22-12/h2-8,13,20H,9H2,1H3,(H2,16,18)(H,17,19). The average molecular weight is 319 g/mol. The van der Waals surface area contributed by atoms with E-state index in [1.54, 1.807) is 31.4 Å². The maximum atomic E-state index is 12.4. The summed E-state index contributed by atoms with van der Waals surface area (Å²) in [5, 5.41) is 16.5. The summed E-state index contributed by atoms with van der Waals surface area (Å²) in [6.45, 7) is 0. The Morgan fingerprint density at radius 1 is 1.41 bits per heavy atom. The summed E-state index contributed by atoms with van der Waals surface area (Å²) in [5.74, 6) is -0.469. The molecule has 6 nitrogen and oxygen atoms in total. The van der Waals surface area contributed by atoms with Gasteiger partial charge in [0.1, 0.15) is 11.7 Å². The number of rotatable bonds is 6. The van der Waals surface area contributed by atoms with E-state index >= 15 is 0 Å². The second kappa shape index (κ2) is 7.46. The largest absolute Gasteiger partial charge is 0.497 e. The van der Waals surface area contributed by atoms with Gasteiger partial charge < -0.3 is 21.0 Å². The molecular formula is C15H17N3O3S. The van der Waals surface area contributed by atoms with E-state index in [1.165, 1.54) is 11.3 Å². The second-order valence-electron chi connectivity index (χ2n) is 4.58. The summed E-state index contributed by atoms with van der Waals surface area (Å²) < 4.78 is 5.06. The normalized spacial score (nSPS) is 12.7. The first-order valence-electron chi connectivity index (χ1n) is 6.58. The first-order valence-corrected chi connectivity index (χ1v) is 7.46. The molecule has 1 aromatic heterocycles. The molecule has 22 heavy (non-hydrogen) atoms. The van der Waals surface area contributed by atoms with Crippen molar-refractivity contribution in [1.82, 2.24) is 0 Å². The van der Waals surface area contributed by atoms with Crippen LogP contribution in [0.5, 0.6) is 5.75 Å². The number of nitrogens with two attached hydrogens (primary N) is 1. The Hall–Kier alpha value is -2.54. The third-order valence-electron chi connectivity index (χ3n) is 3.13. The number of carbonyl (C=O) groups is 1. The zero-order valence-corrected chi connectivity index (χ0v) is 12.8. The van der Waals surface area contributed by atoms with Gasteiger partial charge in [-0.2, -0.15) is 0 Å². The van der Waals surface area contributed by atoms with Crippen LogP contribution < -0.4 is 15.8 Å². The molecule has 0 saturated carbocycles. The van der Waals surface area contributed by atoms with E-state index in [1.807, 2.05) is 17.5 Å². The molecule has 0 bridgehead atoms. The van der Waals surface area contributed by atoms with Gasteiger partial charge in [0.05, 0.1) is 7.11 Å². The molecule has 1 aromatic carbocycles. The van der Waals surface area contributed by atoms with Crippen LogP contribution in [-0.2, 0) is 11.2 Å². The number of ether oxygens (including phenoxy) is 1. The summed E-state index contributed by atoms with van der Waals surface area (Å²) in [4.78, 5) is 13.4. The van der Waals surface area contributed by atoms with E-state index in [-0.39, 0.29) is 11.7 Å². The van der Waals surface area contributed by atoms with Gasteiger partial charge in [0.2, 0.25) is 5.91 Å². The predicted molar refractivity (Wildman–Crippen MR) is 86.5 cm³/mol. The maximum Gasteiger partial charge on any atom is 0.235 e. The Balaban J connectivity index is 2.10. The fraction of sp³-hybridized carbons (Fsp3) is 0.200. The summed E-state index contributed by atoms with van der Waals surface area (Å²) in [6.07, 6.45) is 0.384. The first-order chi connectivity index (χ1) is 10.6. The lowest BCUT2D eigenvalue weighted by Gasteiger charge is -2.15. The van der Waals surface area contributed by atoms with Gasteiger partial charge in [0.15, 0.2) is 5.84 Å². The molecule has 4 N–H and O–H groups in total. The molecular weight excluding hydrogens is 302 g/mol. The molecule has 1 amide bonds. The van der Waals surface area contributed by atoms with Crippen LogP contribution in [0.3, 0.4) is 0 Å². The molecule has 2 rings (SSSR count). The van der Waals surface area contributed by atoms with Crippen molar-refractivity contribution in [3.63, 3.8) is 0 Å². The van der Waals surface area contributed by atoms with E-state index in [2.05, 4.69) is 10.5 Å². The Bertz CT molecular complexity index is 639. The highest BCUT2D eigenvalue weighted by molar-refractivity contribution is 7.09. The summed E-state index contributed by atoms with van der Waals surface area (Å²) in [7, 11) is 1.57. The van der Waals surface area contributed by atoms with E-state index in [4.69, 9.17) is 15.7 Å². The van der Waals surface area contributed by atoms with Crippen LogP contribution in [0.2, 0.25) is 0 Å². The Morgan fingerprint density at radius 3 is 2.68 bits per heavy atom. The molecule has 0 spiro atoms. The lowest BCUT2D eigenvalue weighted by Crippen LogP contribution is -2.36. The molecule has 0 radical (unpaired) electrons. The summed E-state index contributed by atoms with van der Waals surface area (Å²) in [5.41, 5.74) is 6.28. The number of nitrogens with zero attached hydrogens (tertiary/aromatic N) is 1. The third kappa shape index (κ3) is 3.98. The molecule has 1 heterocycles.